The lowest BCUT2D eigenvalue weighted by Crippen LogP contribution is -2.29. The first-order valence-corrected chi connectivity index (χ1v) is 5.95. The largest absolute Gasteiger partial charge is 0.389 e. The molecule has 5 heteroatoms. The summed E-state index contributed by atoms with van der Waals surface area (Å²) in [7, 11) is 1.85. The van der Waals surface area contributed by atoms with Crippen LogP contribution in [0.4, 0.5) is 5.82 Å². The van der Waals surface area contributed by atoms with Crippen LogP contribution in [0.1, 0.15) is 24.9 Å². The van der Waals surface area contributed by atoms with Crippen LogP contribution in [0.5, 0.6) is 0 Å². The highest BCUT2D eigenvalue weighted by atomic mass is 16.3. The Morgan fingerprint density at radius 1 is 1.53 bits per heavy atom. The van der Waals surface area contributed by atoms with Crippen LogP contribution < -0.4 is 5.32 Å². The molecule has 1 aromatic heterocycles. The maximum atomic E-state index is 9.90. The highest BCUT2D eigenvalue weighted by molar-refractivity contribution is 5.34. The van der Waals surface area contributed by atoms with Crippen molar-refractivity contribution < 1.29 is 5.11 Å². The zero-order valence-corrected chi connectivity index (χ0v) is 10.7. The maximum Gasteiger partial charge on any atom is 0.144 e. The number of hydrogen-bond acceptors (Lipinski definition) is 5. The fourth-order valence-corrected chi connectivity index (χ4v) is 2.20. The van der Waals surface area contributed by atoms with E-state index in [9.17, 15) is 5.11 Å². The number of aromatic nitrogens is 2. The van der Waals surface area contributed by atoms with Crippen LogP contribution in [0.3, 0.4) is 0 Å². The molecule has 1 saturated heterocycles. The highest BCUT2D eigenvalue weighted by Gasteiger charge is 2.31. The van der Waals surface area contributed by atoms with Crippen molar-refractivity contribution in [2.75, 3.05) is 25.5 Å². The van der Waals surface area contributed by atoms with E-state index in [-0.39, 0.29) is 0 Å². The van der Waals surface area contributed by atoms with Crippen molar-refractivity contribution in [1.82, 2.24) is 14.9 Å². The van der Waals surface area contributed by atoms with Gasteiger partial charge < -0.3 is 10.4 Å². The molecule has 17 heavy (non-hydrogen) atoms. The number of aliphatic hydroxyl groups is 1. The standard InChI is InChI=1S/C12H20N4O/c1-9-6-10(13-3)15-11(14-9)7-16-5-4-12(2,17)8-16/h6,17H,4-5,7-8H2,1-3H3,(H,13,14,15). The zero-order valence-electron chi connectivity index (χ0n) is 10.7. The number of hydrogen-bond donors (Lipinski definition) is 2. The van der Waals surface area contributed by atoms with E-state index in [1.165, 1.54) is 0 Å². The first-order chi connectivity index (χ1) is 7.98. The molecule has 1 aromatic rings. The smallest absolute Gasteiger partial charge is 0.144 e. The maximum absolute atomic E-state index is 9.90. The molecule has 5 nitrogen and oxygen atoms in total. The van der Waals surface area contributed by atoms with E-state index < -0.39 is 5.60 Å². The Labute approximate surface area is 102 Å². The molecule has 0 amide bonds. The van der Waals surface area contributed by atoms with Crippen molar-refractivity contribution in [3.63, 3.8) is 0 Å². The van der Waals surface area contributed by atoms with Crippen LogP contribution in [0.2, 0.25) is 0 Å². The van der Waals surface area contributed by atoms with E-state index >= 15 is 0 Å². The van der Waals surface area contributed by atoms with Crippen LogP contribution in [-0.2, 0) is 6.54 Å². The number of anilines is 1. The molecule has 1 unspecified atom stereocenters. The molecule has 2 N–H and O–H groups in total. The minimum atomic E-state index is -0.560. The molecule has 2 rings (SSSR count). The quantitative estimate of drug-likeness (QED) is 0.812. The minimum Gasteiger partial charge on any atom is -0.389 e. The van der Waals surface area contributed by atoms with Gasteiger partial charge in [-0.15, -0.1) is 0 Å². The molecular formula is C12H20N4O. The van der Waals surface area contributed by atoms with Gasteiger partial charge in [0.15, 0.2) is 0 Å². The van der Waals surface area contributed by atoms with Gasteiger partial charge in [0, 0.05) is 31.9 Å². The first-order valence-electron chi connectivity index (χ1n) is 5.95. The molecule has 0 saturated carbocycles. The molecule has 1 aliphatic heterocycles. The lowest BCUT2D eigenvalue weighted by molar-refractivity contribution is 0.0676. The van der Waals surface area contributed by atoms with Gasteiger partial charge >= 0.3 is 0 Å². The molecule has 0 aliphatic carbocycles. The van der Waals surface area contributed by atoms with Gasteiger partial charge in [-0.3, -0.25) is 4.90 Å². The fourth-order valence-electron chi connectivity index (χ4n) is 2.20. The monoisotopic (exact) mass is 236 g/mol. The second-order valence-corrected chi connectivity index (χ2v) is 5.02. The summed E-state index contributed by atoms with van der Waals surface area (Å²) in [6.45, 7) is 6.14. The molecule has 2 heterocycles. The van der Waals surface area contributed by atoms with Gasteiger partial charge in [-0.05, 0) is 20.3 Å². The van der Waals surface area contributed by atoms with Crippen LogP contribution in [0.15, 0.2) is 6.07 Å². The Hall–Kier alpha value is -1.20. The predicted molar refractivity (Wildman–Crippen MR) is 66.8 cm³/mol. The average Bonchev–Trinajstić information content (AvgIpc) is 2.57. The summed E-state index contributed by atoms with van der Waals surface area (Å²) in [4.78, 5) is 11.0. The topological polar surface area (TPSA) is 61.3 Å². The number of likely N-dealkylation sites (tertiary alicyclic amines) is 1. The Bertz CT molecular complexity index is 405. The fraction of sp³-hybridized carbons (Fsp3) is 0.667. The second-order valence-electron chi connectivity index (χ2n) is 5.02. The molecule has 0 bridgehead atoms. The summed E-state index contributed by atoms with van der Waals surface area (Å²) < 4.78 is 0. The van der Waals surface area contributed by atoms with Crippen molar-refractivity contribution in [3.05, 3.63) is 17.6 Å². The zero-order chi connectivity index (χ0) is 12.5. The third kappa shape index (κ3) is 3.14. The molecule has 0 spiro atoms. The SMILES string of the molecule is CNc1cc(C)nc(CN2CCC(C)(O)C2)n1. The number of nitrogens with zero attached hydrogens (tertiary/aromatic N) is 3. The van der Waals surface area contributed by atoms with E-state index in [0.717, 1.165) is 30.3 Å². The summed E-state index contributed by atoms with van der Waals surface area (Å²) in [5, 5.41) is 12.9. The summed E-state index contributed by atoms with van der Waals surface area (Å²) in [6, 6.07) is 1.92. The van der Waals surface area contributed by atoms with Gasteiger partial charge in [-0.2, -0.15) is 0 Å². The number of β-amino-alcohol motifs (C(OH)–C–C–N with tert-alkyl or cyclic N) is 1. The molecule has 1 atom stereocenters. The van der Waals surface area contributed by atoms with Gasteiger partial charge in [0.25, 0.3) is 0 Å². The summed E-state index contributed by atoms with van der Waals surface area (Å²) in [6.07, 6.45) is 0.817. The van der Waals surface area contributed by atoms with Gasteiger partial charge in [0.1, 0.15) is 11.6 Å². The molecule has 0 aromatic carbocycles. The molecule has 94 valence electrons. The Balaban J connectivity index is 2.06. The number of rotatable bonds is 3. The van der Waals surface area contributed by atoms with E-state index in [2.05, 4.69) is 20.2 Å². The third-order valence-corrected chi connectivity index (χ3v) is 3.05. The number of nitrogens with one attached hydrogen (secondary N) is 1. The molecular weight excluding hydrogens is 216 g/mol. The van der Waals surface area contributed by atoms with Crippen LogP contribution >= 0.6 is 0 Å². The average molecular weight is 236 g/mol. The minimum absolute atomic E-state index is 0.560. The lowest BCUT2D eigenvalue weighted by Gasteiger charge is -2.18. The van der Waals surface area contributed by atoms with E-state index in [4.69, 9.17) is 0 Å². The molecule has 0 radical (unpaired) electrons. The predicted octanol–water partition coefficient (Wildman–Crippen LogP) is 0.783. The Morgan fingerprint density at radius 3 is 2.88 bits per heavy atom. The summed E-state index contributed by atoms with van der Waals surface area (Å²) >= 11 is 0. The van der Waals surface area contributed by atoms with E-state index in [0.29, 0.717) is 13.1 Å². The molecule has 1 aliphatic rings. The lowest BCUT2D eigenvalue weighted by atomic mass is 10.1. The number of aryl methyl sites for hydroxylation is 1. The van der Waals surface area contributed by atoms with Crippen LogP contribution in [0, 0.1) is 6.92 Å². The van der Waals surface area contributed by atoms with Gasteiger partial charge in [-0.25, -0.2) is 9.97 Å². The van der Waals surface area contributed by atoms with Crippen LogP contribution in [0.25, 0.3) is 0 Å². The second kappa shape index (κ2) is 4.58. The van der Waals surface area contributed by atoms with Gasteiger partial charge in [0.2, 0.25) is 0 Å². The van der Waals surface area contributed by atoms with Crippen molar-refractivity contribution in [1.29, 1.82) is 0 Å². The highest BCUT2D eigenvalue weighted by Crippen LogP contribution is 2.21. The first kappa shape index (κ1) is 12.3. The van der Waals surface area contributed by atoms with Crippen molar-refractivity contribution in [2.45, 2.75) is 32.4 Å². The van der Waals surface area contributed by atoms with E-state index in [1.807, 2.05) is 27.0 Å². The van der Waals surface area contributed by atoms with Crippen molar-refractivity contribution in [2.24, 2.45) is 0 Å². The Kier molecular flexibility index (Phi) is 3.31. The van der Waals surface area contributed by atoms with Gasteiger partial charge in [0.05, 0.1) is 12.1 Å². The van der Waals surface area contributed by atoms with Gasteiger partial charge in [-0.1, -0.05) is 0 Å². The third-order valence-electron chi connectivity index (χ3n) is 3.05. The summed E-state index contributed by atoms with van der Waals surface area (Å²) in [5.74, 6) is 1.66. The Morgan fingerprint density at radius 2 is 2.29 bits per heavy atom. The van der Waals surface area contributed by atoms with Crippen molar-refractivity contribution >= 4 is 5.82 Å². The summed E-state index contributed by atoms with van der Waals surface area (Å²) in [5.41, 5.74) is 0.403. The normalized spacial score (nSPS) is 25.2. The van der Waals surface area contributed by atoms with Crippen LogP contribution in [-0.4, -0.2) is 45.7 Å². The van der Waals surface area contributed by atoms with Crippen molar-refractivity contribution in [3.8, 4) is 0 Å². The van der Waals surface area contributed by atoms with E-state index in [1.54, 1.807) is 0 Å². The molecule has 1 fully saturated rings.